The molecule has 2 atom stereocenters. The number of hydrogen-bond donors (Lipinski definition) is 2. The highest BCUT2D eigenvalue weighted by molar-refractivity contribution is 6.05. The molecule has 2 N–H and O–H groups in total. The molecule has 0 spiro atoms. The summed E-state index contributed by atoms with van der Waals surface area (Å²) in [5.41, 5.74) is 2.23. The zero-order valence-corrected chi connectivity index (χ0v) is 9.72. The Morgan fingerprint density at radius 3 is 2.82 bits per heavy atom. The van der Waals surface area contributed by atoms with Crippen LogP contribution >= 0.6 is 0 Å². The molecular formula is C14H15N3. The highest BCUT2D eigenvalue weighted by Gasteiger charge is 2.27. The van der Waals surface area contributed by atoms with Gasteiger partial charge in [-0.3, -0.25) is 4.99 Å². The molecule has 3 heteroatoms. The van der Waals surface area contributed by atoms with Crippen molar-refractivity contribution in [2.45, 2.75) is 12.1 Å². The number of nitrogens with one attached hydrogen (secondary N) is 2. The van der Waals surface area contributed by atoms with Gasteiger partial charge in [0.15, 0.2) is 0 Å². The van der Waals surface area contributed by atoms with Crippen molar-refractivity contribution in [2.75, 3.05) is 12.4 Å². The van der Waals surface area contributed by atoms with Crippen LogP contribution in [0.5, 0.6) is 0 Å². The van der Waals surface area contributed by atoms with E-state index in [4.69, 9.17) is 4.99 Å². The fourth-order valence-electron chi connectivity index (χ4n) is 2.25. The van der Waals surface area contributed by atoms with Gasteiger partial charge >= 0.3 is 0 Å². The molecule has 0 fully saturated rings. The van der Waals surface area contributed by atoms with Gasteiger partial charge < -0.3 is 10.6 Å². The van der Waals surface area contributed by atoms with Gasteiger partial charge in [0.1, 0.15) is 5.84 Å². The van der Waals surface area contributed by atoms with Crippen molar-refractivity contribution in [3.8, 4) is 0 Å². The molecule has 3 rings (SSSR count). The van der Waals surface area contributed by atoms with E-state index in [9.17, 15) is 0 Å². The van der Waals surface area contributed by atoms with Crippen molar-refractivity contribution in [3.05, 3.63) is 54.1 Å². The van der Waals surface area contributed by atoms with Gasteiger partial charge in [0, 0.05) is 18.3 Å². The SMILES string of the molecule is CNc1ccccc1C1=N[C@@H]2C=CC=C[C@H]2N1. The lowest BCUT2D eigenvalue weighted by atomic mass is 10.1. The minimum Gasteiger partial charge on any atom is -0.388 e. The first kappa shape index (κ1) is 10.1. The average molecular weight is 225 g/mol. The Bertz CT molecular complexity index is 514. The smallest absolute Gasteiger partial charge is 0.131 e. The zero-order chi connectivity index (χ0) is 11.7. The van der Waals surface area contributed by atoms with E-state index in [1.54, 1.807) is 0 Å². The molecule has 0 bridgehead atoms. The van der Waals surface area contributed by atoms with E-state index in [0.717, 1.165) is 17.1 Å². The lowest BCUT2D eigenvalue weighted by Gasteiger charge is -2.14. The maximum atomic E-state index is 4.72. The summed E-state index contributed by atoms with van der Waals surface area (Å²) in [7, 11) is 1.93. The molecule has 1 heterocycles. The van der Waals surface area contributed by atoms with Gasteiger partial charge in [-0.1, -0.05) is 36.4 Å². The molecule has 3 nitrogen and oxygen atoms in total. The summed E-state index contributed by atoms with van der Waals surface area (Å²) in [6, 6.07) is 8.75. The van der Waals surface area contributed by atoms with Gasteiger partial charge in [0.2, 0.25) is 0 Å². The van der Waals surface area contributed by atoms with E-state index in [1.165, 1.54) is 0 Å². The number of anilines is 1. The highest BCUT2D eigenvalue weighted by Crippen LogP contribution is 2.21. The molecule has 86 valence electrons. The second kappa shape index (κ2) is 4.09. The van der Waals surface area contributed by atoms with E-state index >= 15 is 0 Å². The quantitative estimate of drug-likeness (QED) is 0.807. The molecule has 0 saturated heterocycles. The number of hydrogen-bond acceptors (Lipinski definition) is 3. The molecular weight excluding hydrogens is 210 g/mol. The summed E-state index contributed by atoms with van der Waals surface area (Å²) in [6.45, 7) is 0. The largest absolute Gasteiger partial charge is 0.388 e. The minimum absolute atomic E-state index is 0.236. The van der Waals surface area contributed by atoms with Gasteiger partial charge in [-0.05, 0) is 12.1 Å². The van der Waals surface area contributed by atoms with Crippen LogP contribution in [0.1, 0.15) is 5.56 Å². The van der Waals surface area contributed by atoms with Gasteiger partial charge in [-0.15, -0.1) is 0 Å². The normalized spacial score (nSPS) is 25.1. The van der Waals surface area contributed by atoms with Crippen LogP contribution < -0.4 is 10.6 Å². The van der Waals surface area contributed by atoms with E-state index in [0.29, 0.717) is 6.04 Å². The summed E-state index contributed by atoms with van der Waals surface area (Å²) in [5.74, 6) is 0.973. The Labute approximate surface area is 101 Å². The summed E-state index contributed by atoms with van der Waals surface area (Å²) >= 11 is 0. The molecule has 1 aromatic carbocycles. The summed E-state index contributed by atoms with van der Waals surface area (Å²) in [5, 5.41) is 6.65. The predicted molar refractivity (Wildman–Crippen MR) is 71.5 cm³/mol. The maximum absolute atomic E-state index is 4.72. The molecule has 1 aromatic rings. The van der Waals surface area contributed by atoms with Crippen molar-refractivity contribution in [1.82, 2.24) is 5.32 Å². The molecule has 0 saturated carbocycles. The van der Waals surface area contributed by atoms with E-state index < -0.39 is 0 Å². The number of allylic oxidation sites excluding steroid dienone is 2. The van der Waals surface area contributed by atoms with Crippen molar-refractivity contribution < 1.29 is 0 Å². The minimum atomic E-state index is 0.236. The Balaban J connectivity index is 1.96. The lowest BCUT2D eigenvalue weighted by Crippen LogP contribution is -2.33. The highest BCUT2D eigenvalue weighted by atomic mass is 15.1. The first-order chi connectivity index (χ1) is 8.38. The van der Waals surface area contributed by atoms with Gasteiger partial charge in [0.05, 0.1) is 12.1 Å². The first-order valence-electron chi connectivity index (χ1n) is 5.85. The van der Waals surface area contributed by atoms with Crippen LogP contribution in [0.4, 0.5) is 5.69 Å². The number of para-hydroxylation sites is 1. The zero-order valence-electron chi connectivity index (χ0n) is 9.72. The molecule has 1 aliphatic carbocycles. The summed E-state index contributed by atoms with van der Waals surface area (Å²) in [6.07, 6.45) is 8.41. The maximum Gasteiger partial charge on any atom is 0.131 e. The molecule has 17 heavy (non-hydrogen) atoms. The molecule has 0 aromatic heterocycles. The topological polar surface area (TPSA) is 36.4 Å². The fourth-order valence-corrected chi connectivity index (χ4v) is 2.25. The third-order valence-electron chi connectivity index (χ3n) is 3.14. The summed E-state index contributed by atoms with van der Waals surface area (Å²) < 4.78 is 0. The van der Waals surface area contributed by atoms with Crippen molar-refractivity contribution >= 4 is 11.5 Å². The van der Waals surface area contributed by atoms with E-state index in [-0.39, 0.29) is 6.04 Å². The van der Waals surface area contributed by atoms with Gasteiger partial charge in [0.25, 0.3) is 0 Å². The number of benzene rings is 1. The molecule has 0 radical (unpaired) electrons. The van der Waals surface area contributed by atoms with Crippen LogP contribution in [0.15, 0.2) is 53.6 Å². The number of amidine groups is 1. The van der Waals surface area contributed by atoms with E-state index in [1.807, 2.05) is 19.2 Å². The van der Waals surface area contributed by atoms with Crippen molar-refractivity contribution in [2.24, 2.45) is 4.99 Å². The van der Waals surface area contributed by atoms with Gasteiger partial charge in [-0.25, -0.2) is 0 Å². The third kappa shape index (κ3) is 1.73. The number of nitrogens with zero attached hydrogens (tertiary/aromatic N) is 1. The Kier molecular flexibility index (Phi) is 2.44. The van der Waals surface area contributed by atoms with Crippen molar-refractivity contribution in [1.29, 1.82) is 0 Å². The monoisotopic (exact) mass is 225 g/mol. The van der Waals surface area contributed by atoms with Crippen LogP contribution in [-0.4, -0.2) is 25.0 Å². The standard InChI is InChI=1S/C14H15N3/c1-15-11-7-3-2-6-10(11)14-16-12-8-4-5-9-13(12)17-14/h2-9,12-13,15H,1H3,(H,16,17)/t12-,13-/m1/s1. The van der Waals surface area contributed by atoms with Crippen LogP contribution in [0.2, 0.25) is 0 Å². The van der Waals surface area contributed by atoms with Crippen LogP contribution in [0.3, 0.4) is 0 Å². The number of rotatable bonds is 2. The molecule has 2 aliphatic rings. The van der Waals surface area contributed by atoms with Gasteiger partial charge in [-0.2, -0.15) is 0 Å². The number of aliphatic imine (C=N–C) groups is 1. The Morgan fingerprint density at radius 2 is 2.00 bits per heavy atom. The third-order valence-corrected chi connectivity index (χ3v) is 3.14. The average Bonchev–Trinajstić information content (AvgIpc) is 2.82. The Morgan fingerprint density at radius 1 is 1.18 bits per heavy atom. The summed E-state index contributed by atoms with van der Waals surface area (Å²) in [4.78, 5) is 4.72. The van der Waals surface area contributed by atoms with Crippen molar-refractivity contribution in [3.63, 3.8) is 0 Å². The van der Waals surface area contributed by atoms with Crippen LogP contribution in [0, 0.1) is 0 Å². The number of fused-ring (bicyclic) bond motifs is 1. The second-order valence-corrected chi connectivity index (χ2v) is 4.20. The first-order valence-corrected chi connectivity index (χ1v) is 5.85. The molecule has 0 unspecified atom stereocenters. The van der Waals surface area contributed by atoms with E-state index in [2.05, 4.69) is 47.1 Å². The predicted octanol–water partition coefficient (Wildman–Crippen LogP) is 1.94. The Hall–Kier alpha value is -2.03. The van der Waals surface area contributed by atoms with Crippen LogP contribution in [-0.2, 0) is 0 Å². The van der Waals surface area contributed by atoms with Crippen LogP contribution in [0.25, 0.3) is 0 Å². The molecule has 0 amide bonds. The molecule has 1 aliphatic heterocycles. The lowest BCUT2D eigenvalue weighted by molar-refractivity contribution is 0.695. The fraction of sp³-hybridized carbons (Fsp3) is 0.214. The second-order valence-electron chi connectivity index (χ2n) is 4.20.